The van der Waals surface area contributed by atoms with Gasteiger partial charge in [0.25, 0.3) is 6.43 Å². The van der Waals surface area contributed by atoms with E-state index in [0.717, 1.165) is 43.4 Å². The molecular formula is C25H25F5O2. The molecule has 1 fully saturated rings. The number of alkyl halides is 2. The van der Waals surface area contributed by atoms with E-state index in [1.165, 1.54) is 18.2 Å². The first-order valence-electron chi connectivity index (χ1n) is 10.6. The predicted molar refractivity (Wildman–Crippen MR) is 114 cm³/mol. The van der Waals surface area contributed by atoms with Crippen LogP contribution in [0.15, 0.2) is 42.7 Å². The fourth-order valence-corrected chi connectivity index (χ4v) is 3.72. The number of rotatable bonds is 8. The second-order valence-corrected chi connectivity index (χ2v) is 7.76. The molecule has 32 heavy (non-hydrogen) atoms. The number of ether oxygens (including phenoxy) is 2. The summed E-state index contributed by atoms with van der Waals surface area (Å²) in [7, 11) is 0. The minimum atomic E-state index is -2.80. The van der Waals surface area contributed by atoms with E-state index in [1.54, 1.807) is 12.1 Å². The molecule has 2 aromatic carbocycles. The summed E-state index contributed by atoms with van der Waals surface area (Å²) in [5.74, 6) is -2.81. The Hall–Kier alpha value is -2.67. The van der Waals surface area contributed by atoms with Gasteiger partial charge in [0.15, 0.2) is 17.4 Å². The molecule has 1 heterocycles. The SMILES string of the molecule is CCCC1CCC(c2ccc(C=Cc3cc(F)c(OC=CC(F)F)c(F)c3)c(F)c2)OC1. The highest BCUT2D eigenvalue weighted by Crippen LogP contribution is 2.33. The lowest BCUT2D eigenvalue weighted by Gasteiger charge is -2.29. The quantitative estimate of drug-likeness (QED) is 0.232. The fourth-order valence-electron chi connectivity index (χ4n) is 3.72. The van der Waals surface area contributed by atoms with Crippen molar-refractivity contribution in [3.05, 3.63) is 76.8 Å². The largest absolute Gasteiger partial charge is 0.459 e. The van der Waals surface area contributed by atoms with Gasteiger partial charge in [-0.2, -0.15) is 0 Å². The zero-order valence-electron chi connectivity index (χ0n) is 17.7. The van der Waals surface area contributed by atoms with Crippen LogP contribution in [0.2, 0.25) is 0 Å². The summed E-state index contributed by atoms with van der Waals surface area (Å²) in [6, 6.07) is 6.76. The highest BCUT2D eigenvalue weighted by molar-refractivity contribution is 5.70. The van der Waals surface area contributed by atoms with Gasteiger partial charge in [0.2, 0.25) is 0 Å². The Labute approximate surface area is 184 Å². The van der Waals surface area contributed by atoms with Gasteiger partial charge in [0.1, 0.15) is 5.82 Å². The molecule has 7 heteroatoms. The highest BCUT2D eigenvalue weighted by Gasteiger charge is 2.23. The number of allylic oxidation sites excluding steroid dienone is 1. The molecule has 0 bridgehead atoms. The Morgan fingerprint density at radius 3 is 2.38 bits per heavy atom. The van der Waals surface area contributed by atoms with Crippen LogP contribution in [0.4, 0.5) is 22.0 Å². The van der Waals surface area contributed by atoms with E-state index in [-0.39, 0.29) is 17.2 Å². The normalized spacial score (nSPS) is 19.3. The fraction of sp³-hybridized carbons (Fsp3) is 0.360. The van der Waals surface area contributed by atoms with Crippen LogP contribution in [0.25, 0.3) is 12.2 Å². The van der Waals surface area contributed by atoms with Crippen molar-refractivity contribution in [1.82, 2.24) is 0 Å². The van der Waals surface area contributed by atoms with Gasteiger partial charge in [-0.15, -0.1) is 0 Å². The first-order chi connectivity index (χ1) is 15.4. The molecule has 1 aliphatic heterocycles. The summed E-state index contributed by atoms with van der Waals surface area (Å²) in [6.45, 7) is 2.82. The molecule has 2 aromatic rings. The van der Waals surface area contributed by atoms with Crippen LogP contribution in [0.3, 0.4) is 0 Å². The van der Waals surface area contributed by atoms with Gasteiger partial charge in [0, 0.05) is 11.6 Å². The molecular weight excluding hydrogens is 427 g/mol. The summed E-state index contributed by atoms with van der Waals surface area (Å²) >= 11 is 0. The van der Waals surface area contributed by atoms with Crippen LogP contribution in [0.1, 0.15) is 55.4 Å². The van der Waals surface area contributed by atoms with Gasteiger partial charge < -0.3 is 9.47 Å². The second-order valence-electron chi connectivity index (χ2n) is 7.76. The lowest BCUT2D eigenvalue weighted by Crippen LogP contribution is -2.20. The van der Waals surface area contributed by atoms with Crippen LogP contribution in [0.5, 0.6) is 5.75 Å². The van der Waals surface area contributed by atoms with Crippen molar-refractivity contribution < 1.29 is 31.4 Å². The molecule has 0 aromatic heterocycles. The van der Waals surface area contributed by atoms with Crippen molar-refractivity contribution in [3.63, 3.8) is 0 Å². The van der Waals surface area contributed by atoms with Gasteiger partial charge in [-0.25, -0.2) is 22.0 Å². The van der Waals surface area contributed by atoms with Crippen LogP contribution in [-0.4, -0.2) is 13.0 Å². The predicted octanol–water partition coefficient (Wildman–Crippen LogP) is 7.70. The smallest absolute Gasteiger partial charge is 0.260 e. The molecule has 0 radical (unpaired) electrons. The Kier molecular flexibility index (Phi) is 8.45. The van der Waals surface area contributed by atoms with Crippen LogP contribution >= 0.6 is 0 Å². The van der Waals surface area contributed by atoms with E-state index in [4.69, 9.17) is 4.74 Å². The summed E-state index contributed by atoms with van der Waals surface area (Å²) in [5.41, 5.74) is 1.16. The first-order valence-corrected chi connectivity index (χ1v) is 10.6. The average molecular weight is 452 g/mol. The Morgan fingerprint density at radius 1 is 1.03 bits per heavy atom. The van der Waals surface area contributed by atoms with Crippen molar-refractivity contribution in [2.75, 3.05) is 6.61 Å². The molecule has 2 atom stereocenters. The highest BCUT2D eigenvalue weighted by atomic mass is 19.3. The van der Waals surface area contributed by atoms with E-state index < -0.39 is 29.6 Å². The van der Waals surface area contributed by atoms with Gasteiger partial charge in [-0.1, -0.05) is 37.6 Å². The van der Waals surface area contributed by atoms with E-state index in [1.807, 2.05) is 0 Å². The molecule has 2 nitrogen and oxygen atoms in total. The molecule has 172 valence electrons. The minimum Gasteiger partial charge on any atom is -0.459 e. The third kappa shape index (κ3) is 6.42. The van der Waals surface area contributed by atoms with Crippen LogP contribution < -0.4 is 4.74 Å². The monoisotopic (exact) mass is 452 g/mol. The number of halogens is 5. The minimum absolute atomic E-state index is 0.131. The molecule has 0 saturated carbocycles. The molecule has 3 rings (SSSR count). The maximum Gasteiger partial charge on any atom is 0.260 e. The van der Waals surface area contributed by atoms with E-state index >= 15 is 0 Å². The van der Waals surface area contributed by atoms with Gasteiger partial charge in [-0.3, -0.25) is 0 Å². The maximum atomic E-state index is 14.6. The third-order valence-corrected chi connectivity index (χ3v) is 5.35. The lowest BCUT2D eigenvalue weighted by molar-refractivity contribution is -0.0196. The third-order valence-electron chi connectivity index (χ3n) is 5.35. The van der Waals surface area contributed by atoms with Crippen LogP contribution in [0, 0.1) is 23.4 Å². The van der Waals surface area contributed by atoms with Crippen molar-refractivity contribution in [1.29, 1.82) is 0 Å². The van der Waals surface area contributed by atoms with Gasteiger partial charge in [-0.05, 0) is 54.5 Å². The second kappa shape index (κ2) is 11.3. The molecule has 0 N–H and O–H groups in total. The van der Waals surface area contributed by atoms with Gasteiger partial charge >= 0.3 is 0 Å². The van der Waals surface area contributed by atoms with Crippen molar-refractivity contribution in [3.8, 4) is 5.75 Å². The summed E-state index contributed by atoms with van der Waals surface area (Å²) in [6.07, 6.45) is 4.87. The van der Waals surface area contributed by atoms with E-state index in [9.17, 15) is 22.0 Å². The zero-order chi connectivity index (χ0) is 23.1. The standard InChI is InChI=1S/C25H25F5O2/c1-2-3-16-5-9-23(32-15-16)19-8-7-18(20(26)14-19)6-4-17-12-21(27)25(22(28)13-17)31-11-10-24(29)30/h4,6-8,10-14,16,23-24H,2-3,5,9,15H2,1H3. The molecule has 0 amide bonds. The number of benzene rings is 2. The summed E-state index contributed by atoms with van der Waals surface area (Å²) in [4.78, 5) is 0. The molecule has 0 aliphatic carbocycles. The summed E-state index contributed by atoms with van der Waals surface area (Å²) in [5, 5.41) is 0. The molecule has 1 saturated heterocycles. The van der Waals surface area contributed by atoms with Gasteiger partial charge in [0.05, 0.1) is 19.0 Å². The lowest BCUT2D eigenvalue weighted by atomic mass is 9.91. The topological polar surface area (TPSA) is 18.5 Å². The number of hydrogen-bond donors (Lipinski definition) is 0. The maximum absolute atomic E-state index is 14.6. The van der Waals surface area contributed by atoms with E-state index in [2.05, 4.69) is 11.7 Å². The first kappa shape index (κ1) is 24.0. The Bertz CT molecular complexity index is 940. The molecule has 2 unspecified atom stereocenters. The average Bonchev–Trinajstić information content (AvgIpc) is 2.75. The molecule has 0 spiro atoms. The summed E-state index contributed by atoms with van der Waals surface area (Å²) < 4.78 is 77.4. The van der Waals surface area contributed by atoms with Crippen LogP contribution in [-0.2, 0) is 4.74 Å². The van der Waals surface area contributed by atoms with Crippen molar-refractivity contribution in [2.45, 2.75) is 45.1 Å². The Morgan fingerprint density at radius 2 is 1.78 bits per heavy atom. The molecule has 1 aliphatic rings. The zero-order valence-corrected chi connectivity index (χ0v) is 17.7. The van der Waals surface area contributed by atoms with Crippen molar-refractivity contribution in [2.24, 2.45) is 5.92 Å². The van der Waals surface area contributed by atoms with Crippen molar-refractivity contribution >= 4 is 12.2 Å². The number of hydrogen-bond acceptors (Lipinski definition) is 2. The Balaban J connectivity index is 1.67. The van der Waals surface area contributed by atoms with E-state index in [0.29, 0.717) is 24.9 Å².